The molecule has 0 saturated carbocycles. The van der Waals surface area contributed by atoms with Crippen LogP contribution in [0.4, 0.5) is 0 Å². The van der Waals surface area contributed by atoms with Crippen molar-refractivity contribution in [1.29, 1.82) is 0 Å². The van der Waals surface area contributed by atoms with E-state index in [9.17, 15) is 4.79 Å². The van der Waals surface area contributed by atoms with Crippen molar-refractivity contribution in [2.45, 2.75) is 51.6 Å². The molecule has 4 aromatic rings. The Morgan fingerprint density at radius 1 is 1.10 bits per heavy atom. The number of hydrogen-bond donors (Lipinski definition) is 0. The number of carbonyl (C=O) groups is 1. The largest absolute Gasteiger partial charge is 0.332 e. The van der Waals surface area contributed by atoms with Gasteiger partial charge in [-0.3, -0.25) is 4.79 Å². The Balaban J connectivity index is 1.43. The number of rotatable bonds is 6. The second kappa shape index (κ2) is 8.19. The maximum Gasteiger partial charge on any atom is 0.243 e. The van der Waals surface area contributed by atoms with Gasteiger partial charge in [0.25, 0.3) is 0 Å². The molecule has 2 aromatic carbocycles. The van der Waals surface area contributed by atoms with Crippen LogP contribution in [0.5, 0.6) is 0 Å². The van der Waals surface area contributed by atoms with Crippen molar-refractivity contribution in [1.82, 2.24) is 19.4 Å². The van der Waals surface area contributed by atoms with Crippen molar-refractivity contribution in [2.75, 3.05) is 6.54 Å². The van der Waals surface area contributed by atoms with E-state index >= 15 is 0 Å². The van der Waals surface area contributed by atoms with Gasteiger partial charge in [-0.15, -0.1) is 11.3 Å². The van der Waals surface area contributed by atoms with Gasteiger partial charge < -0.3 is 9.47 Å². The average Bonchev–Trinajstić information content (AvgIpc) is 3.48. The molecule has 1 aliphatic rings. The molecule has 0 radical (unpaired) electrons. The number of unbranched alkanes of at least 4 members (excludes halogenated alkanes) is 1. The maximum atomic E-state index is 13.4. The molecule has 0 aliphatic carbocycles. The van der Waals surface area contributed by atoms with Crippen molar-refractivity contribution < 1.29 is 4.79 Å². The van der Waals surface area contributed by atoms with Crippen LogP contribution in [0.1, 0.15) is 49.5 Å². The Kier molecular flexibility index (Phi) is 5.25. The monoisotopic (exact) mass is 418 g/mol. The van der Waals surface area contributed by atoms with E-state index in [1.54, 1.807) is 11.3 Å². The normalized spacial score (nSPS) is 16.7. The third-order valence-corrected chi connectivity index (χ3v) is 7.09. The fourth-order valence-corrected chi connectivity index (χ4v) is 5.52. The summed E-state index contributed by atoms with van der Waals surface area (Å²) in [6, 6.07) is 16.4. The zero-order chi connectivity index (χ0) is 20.5. The van der Waals surface area contributed by atoms with Gasteiger partial charge in [0.15, 0.2) is 0 Å². The lowest BCUT2D eigenvalue weighted by Crippen LogP contribution is -2.33. The van der Waals surface area contributed by atoms with Gasteiger partial charge in [-0.1, -0.05) is 37.6 Å². The Labute approximate surface area is 180 Å². The highest BCUT2D eigenvalue weighted by Crippen LogP contribution is 2.36. The molecular formula is C24H26N4OS. The first-order valence-corrected chi connectivity index (χ1v) is 11.7. The van der Waals surface area contributed by atoms with Gasteiger partial charge in [-0.05, 0) is 43.5 Å². The van der Waals surface area contributed by atoms with Crippen LogP contribution in [-0.2, 0) is 17.8 Å². The summed E-state index contributed by atoms with van der Waals surface area (Å²) in [6.07, 6.45) is 5.11. The summed E-state index contributed by atoms with van der Waals surface area (Å²) in [5, 5.41) is 1.06. The minimum absolute atomic E-state index is 0.0868. The molecule has 30 heavy (non-hydrogen) atoms. The number of aromatic nitrogens is 3. The average molecular weight is 419 g/mol. The van der Waals surface area contributed by atoms with E-state index in [1.807, 2.05) is 41.3 Å². The second-order valence-corrected chi connectivity index (χ2v) is 9.03. The van der Waals surface area contributed by atoms with Crippen molar-refractivity contribution in [3.8, 4) is 0 Å². The van der Waals surface area contributed by atoms with E-state index in [1.165, 1.54) is 4.70 Å². The van der Waals surface area contributed by atoms with Gasteiger partial charge >= 0.3 is 0 Å². The Hall–Kier alpha value is -2.73. The summed E-state index contributed by atoms with van der Waals surface area (Å²) in [4.78, 5) is 25.1. The third-order valence-electron chi connectivity index (χ3n) is 5.95. The molecule has 1 aliphatic heterocycles. The van der Waals surface area contributed by atoms with Gasteiger partial charge in [-0.2, -0.15) is 0 Å². The van der Waals surface area contributed by atoms with Crippen molar-refractivity contribution in [3.05, 3.63) is 59.4 Å². The van der Waals surface area contributed by atoms with Crippen LogP contribution in [0.3, 0.4) is 0 Å². The van der Waals surface area contributed by atoms with E-state index in [-0.39, 0.29) is 11.9 Å². The second-order valence-electron chi connectivity index (χ2n) is 7.97. The van der Waals surface area contributed by atoms with Crippen LogP contribution in [-0.4, -0.2) is 31.9 Å². The Bertz CT molecular complexity index is 1160. The molecule has 0 spiro atoms. The number of benzene rings is 2. The van der Waals surface area contributed by atoms with Crippen LogP contribution >= 0.6 is 11.3 Å². The van der Waals surface area contributed by atoms with Crippen molar-refractivity contribution in [2.24, 2.45) is 0 Å². The summed E-state index contributed by atoms with van der Waals surface area (Å²) in [7, 11) is 0. The minimum atomic E-state index is 0.0868. The number of likely N-dealkylation sites (tertiary alicyclic amines) is 1. The van der Waals surface area contributed by atoms with Gasteiger partial charge in [0.05, 0.1) is 27.3 Å². The highest BCUT2D eigenvalue weighted by atomic mass is 32.1. The molecule has 6 heteroatoms. The molecule has 1 amide bonds. The van der Waals surface area contributed by atoms with Gasteiger partial charge in [0, 0.05) is 13.0 Å². The zero-order valence-electron chi connectivity index (χ0n) is 17.3. The zero-order valence-corrected chi connectivity index (χ0v) is 18.1. The first kappa shape index (κ1) is 19.2. The maximum absolute atomic E-state index is 13.4. The first-order chi connectivity index (χ1) is 14.7. The number of nitrogens with zero attached hydrogens (tertiary/aromatic N) is 4. The fourth-order valence-electron chi connectivity index (χ4n) is 4.41. The number of amides is 1. The molecule has 5 nitrogen and oxygen atoms in total. The molecule has 0 N–H and O–H groups in total. The molecule has 0 bridgehead atoms. The lowest BCUT2D eigenvalue weighted by atomic mass is 10.2. The lowest BCUT2D eigenvalue weighted by molar-refractivity contribution is -0.132. The van der Waals surface area contributed by atoms with Crippen LogP contribution in [0, 0.1) is 0 Å². The van der Waals surface area contributed by atoms with Crippen LogP contribution in [0.25, 0.3) is 21.3 Å². The van der Waals surface area contributed by atoms with E-state index in [2.05, 4.69) is 23.6 Å². The SMILES string of the molecule is CCCCc1nc2ccccc2n1CC(=O)N1CCC[C@H]1c1nc2ccccc2s1. The number of carbonyl (C=O) groups excluding carboxylic acids is 1. The molecule has 154 valence electrons. The third kappa shape index (κ3) is 3.49. The first-order valence-electron chi connectivity index (χ1n) is 10.8. The number of aryl methyl sites for hydroxylation is 1. The fraction of sp³-hybridized carbons (Fsp3) is 0.375. The summed E-state index contributed by atoms with van der Waals surface area (Å²) in [6.45, 7) is 3.34. The number of thiazole rings is 1. The Morgan fingerprint density at radius 2 is 1.90 bits per heavy atom. The molecule has 3 heterocycles. The summed E-state index contributed by atoms with van der Waals surface area (Å²) >= 11 is 1.72. The Morgan fingerprint density at radius 3 is 2.73 bits per heavy atom. The predicted molar refractivity (Wildman–Crippen MR) is 122 cm³/mol. The number of imidazole rings is 1. The van der Waals surface area contributed by atoms with E-state index < -0.39 is 0 Å². The molecular weight excluding hydrogens is 392 g/mol. The van der Waals surface area contributed by atoms with Crippen molar-refractivity contribution >= 4 is 38.5 Å². The van der Waals surface area contributed by atoms with E-state index in [0.29, 0.717) is 6.54 Å². The standard InChI is InChI=1S/C24H26N4OS/c1-2-3-14-22-25-17-9-4-6-11-19(17)28(22)16-23(29)27-15-8-12-20(27)24-26-18-10-5-7-13-21(18)30-24/h4-7,9-11,13,20H,2-3,8,12,14-16H2,1H3/t20-/m0/s1. The molecule has 1 fully saturated rings. The highest BCUT2D eigenvalue weighted by Gasteiger charge is 2.32. The van der Waals surface area contributed by atoms with E-state index in [4.69, 9.17) is 9.97 Å². The lowest BCUT2D eigenvalue weighted by Gasteiger charge is -2.24. The number of para-hydroxylation sites is 3. The number of hydrogen-bond acceptors (Lipinski definition) is 4. The molecule has 5 rings (SSSR count). The predicted octanol–water partition coefficient (Wildman–Crippen LogP) is 5.35. The van der Waals surface area contributed by atoms with Crippen LogP contribution in [0.2, 0.25) is 0 Å². The highest BCUT2D eigenvalue weighted by molar-refractivity contribution is 7.18. The van der Waals surface area contributed by atoms with E-state index in [0.717, 1.165) is 66.0 Å². The summed E-state index contributed by atoms with van der Waals surface area (Å²) < 4.78 is 3.32. The molecule has 0 unspecified atom stereocenters. The van der Waals surface area contributed by atoms with Gasteiger partial charge in [-0.25, -0.2) is 9.97 Å². The molecule has 2 aromatic heterocycles. The number of fused-ring (bicyclic) bond motifs is 2. The quantitative estimate of drug-likeness (QED) is 0.424. The van der Waals surface area contributed by atoms with Crippen LogP contribution in [0.15, 0.2) is 48.5 Å². The van der Waals surface area contributed by atoms with Crippen molar-refractivity contribution in [3.63, 3.8) is 0 Å². The smallest absolute Gasteiger partial charge is 0.243 e. The molecule has 1 atom stereocenters. The summed E-state index contributed by atoms with van der Waals surface area (Å²) in [5.74, 6) is 1.18. The van der Waals surface area contributed by atoms with Gasteiger partial charge in [0.1, 0.15) is 17.4 Å². The molecule has 1 saturated heterocycles. The topological polar surface area (TPSA) is 51.0 Å². The van der Waals surface area contributed by atoms with Gasteiger partial charge in [0.2, 0.25) is 5.91 Å². The summed E-state index contributed by atoms with van der Waals surface area (Å²) in [5.41, 5.74) is 3.05. The van der Waals surface area contributed by atoms with Crippen LogP contribution < -0.4 is 0 Å². The minimum Gasteiger partial charge on any atom is -0.332 e.